The van der Waals surface area contributed by atoms with Gasteiger partial charge in [-0.2, -0.15) is 5.10 Å². The number of anilines is 2. The second-order valence-electron chi connectivity index (χ2n) is 8.77. The summed E-state index contributed by atoms with van der Waals surface area (Å²) in [5.74, 6) is 1.50. The molecule has 3 N–H and O–H groups in total. The van der Waals surface area contributed by atoms with E-state index in [1.165, 1.54) is 17.5 Å². The third-order valence-electron chi connectivity index (χ3n) is 6.54. The van der Waals surface area contributed by atoms with Crippen LogP contribution in [0.1, 0.15) is 18.1 Å². The Hall–Kier alpha value is -3.24. The molecule has 2 aliphatic heterocycles. The minimum Gasteiger partial charge on any atom is -0.390 e. The second kappa shape index (κ2) is 9.32. The van der Waals surface area contributed by atoms with Crippen molar-refractivity contribution >= 4 is 28.6 Å². The Bertz CT molecular complexity index is 1120. The highest BCUT2D eigenvalue weighted by Crippen LogP contribution is 2.26. The summed E-state index contributed by atoms with van der Waals surface area (Å²) in [6.45, 7) is 7.18. The van der Waals surface area contributed by atoms with Crippen molar-refractivity contribution in [2.24, 2.45) is 0 Å². The molecular weight excluding hydrogens is 420 g/mol. The number of hydrogen-bond donors (Lipinski definition) is 3. The minimum absolute atomic E-state index is 0.0998. The quantitative estimate of drug-likeness (QED) is 0.507. The molecule has 33 heavy (non-hydrogen) atoms. The zero-order valence-electron chi connectivity index (χ0n) is 18.9. The van der Waals surface area contributed by atoms with Crippen molar-refractivity contribution in [3.63, 3.8) is 0 Å². The predicted molar refractivity (Wildman–Crippen MR) is 126 cm³/mol. The number of benzene rings is 1. The number of aromatic nitrogens is 4. The smallest absolute Gasteiger partial charge is 0.219 e. The van der Waals surface area contributed by atoms with Gasteiger partial charge in [-0.05, 0) is 17.5 Å². The summed E-state index contributed by atoms with van der Waals surface area (Å²) in [5, 5.41) is 21.3. The number of H-pyrrole nitrogens is 1. The lowest BCUT2D eigenvalue weighted by Gasteiger charge is -2.34. The van der Waals surface area contributed by atoms with Crippen molar-refractivity contribution in [3.05, 3.63) is 41.7 Å². The minimum atomic E-state index is -0.525. The first-order chi connectivity index (χ1) is 16.1. The molecule has 2 aromatic heterocycles. The number of amides is 1. The number of nitrogens with one attached hydrogen (secondary N) is 2. The summed E-state index contributed by atoms with van der Waals surface area (Å²) in [6.07, 6.45) is 2.03. The van der Waals surface area contributed by atoms with E-state index in [0.29, 0.717) is 50.6 Å². The number of hydrogen-bond acceptors (Lipinski definition) is 8. The number of aromatic amines is 1. The monoisotopic (exact) mass is 450 g/mol. The van der Waals surface area contributed by atoms with Crippen molar-refractivity contribution in [2.75, 3.05) is 56.0 Å². The molecule has 10 heteroatoms. The van der Waals surface area contributed by atoms with E-state index in [2.05, 4.69) is 59.5 Å². The number of fused-ring (bicyclic) bond motifs is 2. The first-order valence-corrected chi connectivity index (χ1v) is 11.5. The van der Waals surface area contributed by atoms with Crippen LogP contribution in [0, 0.1) is 0 Å². The molecular formula is C23H30N8O2. The molecule has 0 bridgehead atoms. The molecule has 0 saturated carbocycles. The van der Waals surface area contributed by atoms with E-state index in [4.69, 9.17) is 0 Å². The summed E-state index contributed by atoms with van der Waals surface area (Å²) in [7, 11) is 0. The standard InChI is InChI=1S/C23H30N8O2/c1-16(32)30-8-10-31(11-9-30)23-21-20(25-15-26-23)22(28-27-21)24-12-19(33)14-29-7-6-17-4-2-3-5-18(17)13-29/h2-5,15,19,33H,6-14H2,1H3,(H2,24,27,28)/t19-/m1/s1. The predicted octanol–water partition coefficient (Wildman–Crippen LogP) is 0.853. The van der Waals surface area contributed by atoms with E-state index in [-0.39, 0.29) is 5.91 Å². The van der Waals surface area contributed by atoms with E-state index in [1.807, 2.05) is 4.90 Å². The van der Waals surface area contributed by atoms with Crippen LogP contribution in [0.3, 0.4) is 0 Å². The van der Waals surface area contributed by atoms with Gasteiger partial charge in [0.05, 0.1) is 6.10 Å². The van der Waals surface area contributed by atoms with Crippen LogP contribution in [0.5, 0.6) is 0 Å². The Kier molecular flexibility index (Phi) is 6.10. The second-order valence-corrected chi connectivity index (χ2v) is 8.77. The summed E-state index contributed by atoms with van der Waals surface area (Å²) < 4.78 is 0. The van der Waals surface area contributed by atoms with Crippen LogP contribution < -0.4 is 10.2 Å². The Morgan fingerprint density at radius 1 is 1.15 bits per heavy atom. The largest absolute Gasteiger partial charge is 0.390 e. The summed E-state index contributed by atoms with van der Waals surface area (Å²) in [6, 6.07) is 8.51. The molecule has 5 rings (SSSR count). The van der Waals surface area contributed by atoms with E-state index in [9.17, 15) is 9.90 Å². The highest BCUT2D eigenvalue weighted by molar-refractivity contribution is 5.93. The number of carbonyl (C=O) groups excluding carboxylic acids is 1. The van der Waals surface area contributed by atoms with Crippen molar-refractivity contribution in [1.29, 1.82) is 0 Å². The number of β-amino-alcohol motifs (C(OH)–C–C–N with tert-alkyl or cyclic N) is 1. The maximum Gasteiger partial charge on any atom is 0.219 e. The van der Waals surface area contributed by atoms with Gasteiger partial charge in [-0.1, -0.05) is 24.3 Å². The van der Waals surface area contributed by atoms with E-state index < -0.39 is 6.10 Å². The van der Waals surface area contributed by atoms with Crippen LogP contribution in [0.15, 0.2) is 30.6 Å². The lowest BCUT2D eigenvalue weighted by atomic mass is 10.00. The normalized spacial score (nSPS) is 17.8. The maximum absolute atomic E-state index is 11.6. The fourth-order valence-corrected chi connectivity index (χ4v) is 4.71. The molecule has 2 aliphatic rings. The molecule has 174 valence electrons. The lowest BCUT2D eigenvalue weighted by Crippen LogP contribution is -2.48. The Labute approximate surface area is 192 Å². The molecule has 1 amide bonds. The third-order valence-corrected chi connectivity index (χ3v) is 6.54. The number of aliphatic hydroxyl groups is 1. The molecule has 1 fully saturated rings. The first-order valence-electron chi connectivity index (χ1n) is 11.5. The van der Waals surface area contributed by atoms with Gasteiger partial charge in [-0.3, -0.25) is 14.8 Å². The van der Waals surface area contributed by atoms with Gasteiger partial charge in [-0.15, -0.1) is 0 Å². The van der Waals surface area contributed by atoms with Crippen LogP contribution >= 0.6 is 0 Å². The zero-order valence-corrected chi connectivity index (χ0v) is 18.9. The van der Waals surface area contributed by atoms with Gasteiger partial charge in [0.15, 0.2) is 11.6 Å². The summed E-state index contributed by atoms with van der Waals surface area (Å²) in [5.41, 5.74) is 4.21. The van der Waals surface area contributed by atoms with Gasteiger partial charge >= 0.3 is 0 Å². The van der Waals surface area contributed by atoms with Crippen LogP contribution in [0.4, 0.5) is 11.6 Å². The molecule has 0 aliphatic carbocycles. The van der Waals surface area contributed by atoms with Crippen LogP contribution in [-0.2, 0) is 17.8 Å². The summed E-state index contributed by atoms with van der Waals surface area (Å²) >= 11 is 0. The third kappa shape index (κ3) is 4.62. The van der Waals surface area contributed by atoms with Gasteiger partial charge in [0.25, 0.3) is 0 Å². The molecule has 3 aromatic rings. The molecule has 1 saturated heterocycles. The fourth-order valence-electron chi connectivity index (χ4n) is 4.71. The molecule has 0 radical (unpaired) electrons. The van der Waals surface area contributed by atoms with Crippen molar-refractivity contribution in [2.45, 2.75) is 26.0 Å². The Balaban J connectivity index is 1.20. The van der Waals surface area contributed by atoms with E-state index in [0.717, 1.165) is 30.8 Å². The van der Waals surface area contributed by atoms with Crippen molar-refractivity contribution in [1.82, 2.24) is 30.0 Å². The van der Waals surface area contributed by atoms with Crippen molar-refractivity contribution in [3.8, 4) is 0 Å². The molecule has 1 atom stereocenters. The number of nitrogens with zero attached hydrogens (tertiary/aromatic N) is 6. The van der Waals surface area contributed by atoms with Gasteiger partial charge in [0.1, 0.15) is 17.4 Å². The maximum atomic E-state index is 11.6. The number of piperazine rings is 1. The zero-order chi connectivity index (χ0) is 22.8. The van der Waals surface area contributed by atoms with Crippen LogP contribution in [-0.4, -0.2) is 92.9 Å². The average molecular weight is 451 g/mol. The highest BCUT2D eigenvalue weighted by atomic mass is 16.3. The molecule has 4 heterocycles. The highest BCUT2D eigenvalue weighted by Gasteiger charge is 2.23. The number of aliphatic hydroxyl groups excluding tert-OH is 1. The van der Waals surface area contributed by atoms with Gasteiger partial charge < -0.3 is 20.2 Å². The molecule has 0 unspecified atom stereocenters. The molecule has 0 spiro atoms. The first kappa shape index (κ1) is 21.6. The van der Waals surface area contributed by atoms with E-state index in [1.54, 1.807) is 6.92 Å². The molecule has 10 nitrogen and oxygen atoms in total. The van der Waals surface area contributed by atoms with Gasteiger partial charge in [0.2, 0.25) is 5.91 Å². The van der Waals surface area contributed by atoms with E-state index >= 15 is 0 Å². The Morgan fingerprint density at radius 2 is 1.94 bits per heavy atom. The molecule has 1 aromatic carbocycles. The van der Waals surface area contributed by atoms with Gasteiger partial charge in [0, 0.05) is 59.3 Å². The Morgan fingerprint density at radius 3 is 2.73 bits per heavy atom. The fraction of sp³-hybridized carbons (Fsp3) is 0.478. The average Bonchev–Trinajstić information content (AvgIpc) is 3.26. The number of rotatable bonds is 6. The SMILES string of the molecule is CC(=O)N1CCN(c2ncnc3c(NC[C@@H](O)CN4CCc5ccccc5C4)n[nH]c23)CC1. The summed E-state index contributed by atoms with van der Waals surface area (Å²) in [4.78, 5) is 26.7. The topological polar surface area (TPSA) is 114 Å². The lowest BCUT2D eigenvalue weighted by molar-refractivity contribution is -0.129. The number of carbonyl (C=O) groups is 1. The van der Waals surface area contributed by atoms with Gasteiger partial charge in [-0.25, -0.2) is 9.97 Å². The van der Waals surface area contributed by atoms with Crippen LogP contribution in [0.2, 0.25) is 0 Å². The van der Waals surface area contributed by atoms with Crippen molar-refractivity contribution < 1.29 is 9.90 Å². The van der Waals surface area contributed by atoms with Crippen LogP contribution in [0.25, 0.3) is 11.0 Å².